The number of fused-ring (bicyclic) bond motifs is 1. The second-order valence-electron chi connectivity index (χ2n) is 10.1. The highest BCUT2D eigenvalue weighted by Gasteiger charge is 2.35. The topological polar surface area (TPSA) is 102 Å². The van der Waals surface area contributed by atoms with Gasteiger partial charge in [0, 0.05) is 44.2 Å². The first kappa shape index (κ1) is 26.5. The maximum atomic E-state index is 13.0. The van der Waals surface area contributed by atoms with Gasteiger partial charge in [0.2, 0.25) is 5.91 Å². The van der Waals surface area contributed by atoms with Crippen LogP contribution in [0, 0.1) is 0 Å². The highest BCUT2D eigenvalue weighted by Crippen LogP contribution is 2.40. The molecule has 0 radical (unpaired) electrons. The van der Waals surface area contributed by atoms with Gasteiger partial charge >= 0.3 is 6.09 Å². The first-order valence-corrected chi connectivity index (χ1v) is 12.8. The number of carbonyl (C=O) groups is 3. The average molecular weight is 509 g/mol. The van der Waals surface area contributed by atoms with Crippen molar-refractivity contribution in [3.05, 3.63) is 48.0 Å². The van der Waals surface area contributed by atoms with Gasteiger partial charge in [-0.05, 0) is 69.5 Å². The number of carbonyl (C=O) groups excluding carboxylic acids is 3. The van der Waals surface area contributed by atoms with Crippen LogP contribution in [0.5, 0.6) is 0 Å². The second kappa shape index (κ2) is 10.8. The summed E-state index contributed by atoms with van der Waals surface area (Å²) in [4.78, 5) is 42.5. The molecule has 1 saturated heterocycles. The van der Waals surface area contributed by atoms with Gasteiger partial charge in [-0.2, -0.15) is 0 Å². The zero-order valence-electron chi connectivity index (χ0n) is 22.1. The molecule has 2 N–H and O–H groups in total. The molecule has 1 unspecified atom stereocenters. The molecule has 2 aromatic rings. The van der Waals surface area contributed by atoms with Gasteiger partial charge in [0.05, 0.1) is 17.5 Å². The van der Waals surface area contributed by atoms with E-state index in [9.17, 15) is 19.5 Å². The van der Waals surface area contributed by atoms with Gasteiger partial charge in [0.25, 0.3) is 5.91 Å². The molecule has 2 aromatic carbocycles. The summed E-state index contributed by atoms with van der Waals surface area (Å²) < 4.78 is 5.50. The molecule has 3 atom stereocenters. The largest absolute Gasteiger partial charge is 0.446 e. The normalized spacial score (nSPS) is 20.0. The number of ether oxygens (including phenoxy) is 1. The number of aliphatic hydroxyl groups excluding tert-OH is 1. The Hall–Kier alpha value is -3.59. The molecule has 2 heterocycles. The van der Waals surface area contributed by atoms with E-state index in [-0.39, 0.29) is 30.0 Å². The zero-order chi connectivity index (χ0) is 26.9. The van der Waals surface area contributed by atoms with Gasteiger partial charge in [0.1, 0.15) is 6.23 Å². The highest BCUT2D eigenvalue weighted by molar-refractivity contribution is 5.97. The Morgan fingerprint density at radius 2 is 1.68 bits per heavy atom. The molecule has 37 heavy (non-hydrogen) atoms. The van der Waals surface area contributed by atoms with Crippen molar-refractivity contribution < 1.29 is 24.2 Å². The number of hydrogen-bond donors (Lipinski definition) is 2. The summed E-state index contributed by atoms with van der Waals surface area (Å²) in [5.41, 5.74) is 3.79. The van der Waals surface area contributed by atoms with Crippen LogP contribution in [-0.2, 0) is 9.53 Å². The van der Waals surface area contributed by atoms with Crippen molar-refractivity contribution in [3.63, 3.8) is 0 Å². The molecule has 0 saturated carbocycles. The molecule has 9 heteroatoms. The van der Waals surface area contributed by atoms with E-state index in [4.69, 9.17) is 4.74 Å². The van der Waals surface area contributed by atoms with Crippen LogP contribution in [0.3, 0.4) is 0 Å². The van der Waals surface area contributed by atoms with Crippen molar-refractivity contribution in [1.29, 1.82) is 0 Å². The lowest BCUT2D eigenvalue weighted by Crippen LogP contribution is -2.53. The van der Waals surface area contributed by atoms with E-state index in [0.29, 0.717) is 30.9 Å². The Balaban J connectivity index is 1.58. The fraction of sp³-hybridized carbons (Fsp3) is 0.464. The Kier molecular flexibility index (Phi) is 7.73. The van der Waals surface area contributed by atoms with E-state index in [1.807, 2.05) is 56.0 Å². The lowest BCUT2D eigenvalue weighted by atomic mass is 9.99. The minimum absolute atomic E-state index is 0.00882. The van der Waals surface area contributed by atoms with Crippen molar-refractivity contribution in [2.75, 3.05) is 29.4 Å². The second-order valence-corrected chi connectivity index (χ2v) is 10.1. The minimum atomic E-state index is -0.719. The molecule has 4 rings (SSSR count). The number of nitrogens with zero attached hydrogens (tertiary/aromatic N) is 3. The number of benzene rings is 2. The van der Waals surface area contributed by atoms with Crippen molar-refractivity contribution in [2.45, 2.75) is 65.5 Å². The SMILES string of the molecule is CC(=O)N[C@@H]1CCN(C(=O)c2ccc(-c3ccc4c(c3)N(C(=O)OC(C)C)C[C@H](C)N4C(C)O)cc2)C1. The predicted molar refractivity (Wildman–Crippen MR) is 143 cm³/mol. The number of anilines is 2. The Bertz CT molecular complexity index is 1160. The quantitative estimate of drug-likeness (QED) is 0.640. The van der Waals surface area contributed by atoms with E-state index < -0.39 is 12.3 Å². The summed E-state index contributed by atoms with van der Waals surface area (Å²) in [6, 6.07) is 13.1. The fourth-order valence-corrected chi connectivity index (χ4v) is 5.17. The molecule has 2 aliphatic heterocycles. The van der Waals surface area contributed by atoms with Crippen LogP contribution < -0.4 is 15.1 Å². The molecular weight excluding hydrogens is 472 g/mol. The number of aliphatic hydroxyl groups is 1. The zero-order valence-corrected chi connectivity index (χ0v) is 22.1. The molecule has 1 fully saturated rings. The molecule has 0 spiro atoms. The number of amides is 3. The minimum Gasteiger partial charge on any atom is -0.446 e. The number of hydrogen-bond acceptors (Lipinski definition) is 6. The van der Waals surface area contributed by atoms with Crippen LogP contribution in [0.4, 0.5) is 16.2 Å². The molecular formula is C28H36N4O5. The fourth-order valence-electron chi connectivity index (χ4n) is 5.17. The molecule has 2 aliphatic rings. The maximum absolute atomic E-state index is 13.0. The van der Waals surface area contributed by atoms with Crippen LogP contribution in [0.25, 0.3) is 11.1 Å². The molecule has 0 aromatic heterocycles. The standard InChI is InChI=1S/C28H36N4O5/c1-17(2)37-28(36)31-15-18(3)32(20(5)34)25-11-10-23(14-26(25)31)21-6-8-22(9-7-21)27(35)30-13-12-24(16-30)29-19(4)33/h6-11,14,17-18,20,24,34H,12-13,15-16H2,1-5H3,(H,29,33)/t18-,20?,24+/m0/s1. The average Bonchev–Trinajstić information content (AvgIpc) is 3.30. The lowest BCUT2D eigenvalue weighted by Gasteiger charge is -2.43. The molecule has 9 nitrogen and oxygen atoms in total. The molecule has 0 aliphatic carbocycles. The van der Waals surface area contributed by atoms with E-state index in [2.05, 4.69) is 5.32 Å². The Morgan fingerprint density at radius 1 is 1.00 bits per heavy atom. The van der Waals surface area contributed by atoms with Gasteiger partial charge in [-0.3, -0.25) is 14.5 Å². The van der Waals surface area contributed by atoms with Crippen molar-refractivity contribution in [2.24, 2.45) is 0 Å². The van der Waals surface area contributed by atoms with Gasteiger partial charge < -0.3 is 25.0 Å². The highest BCUT2D eigenvalue weighted by atomic mass is 16.6. The predicted octanol–water partition coefficient (Wildman–Crippen LogP) is 3.60. The van der Waals surface area contributed by atoms with Gasteiger partial charge in [-0.25, -0.2) is 4.79 Å². The number of nitrogens with one attached hydrogen (secondary N) is 1. The summed E-state index contributed by atoms with van der Waals surface area (Å²) in [5, 5.41) is 13.3. The number of rotatable bonds is 5. The van der Waals surface area contributed by atoms with Gasteiger partial charge in [-0.15, -0.1) is 0 Å². The van der Waals surface area contributed by atoms with Crippen molar-refractivity contribution >= 4 is 29.3 Å². The van der Waals surface area contributed by atoms with Crippen LogP contribution in [0.2, 0.25) is 0 Å². The summed E-state index contributed by atoms with van der Waals surface area (Å²) in [5.74, 6) is -0.148. The monoisotopic (exact) mass is 508 g/mol. The Morgan fingerprint density at radius 3 is 2.30 bits per heavy atom. The lowest BCUT2D eigenvalue weighted by molar-refractivity contribution is -0.119. The van der Waals surface area contributed by atoms with Crippen molar-refractivity contribution in [3.8, 4) is 11.1 Å². The first-order chi connectivity index (χ1) is 17.5. The third-order valence-corrected chi connectivity index (χ3v) is 6.77. The summed E-state index contributed by atoms with van der Waals surface area (Å²) >= 11 is 0. The maximum Gasteiger partial charge on any atom is 0.414 e. The number of likely N-dealkylation sites (tertiary alicyclic amines) is 1. The molecule has 3 amide bonds. The van der Waals surface area contributed by atoms with Crippen LogP contribution in [0.1, 0.15) is 51.4 Å². The van der Waals surface area contributed by atoms with Crippen LogP contribution >= 0.6 is 0 Å². The molecule has 198 valence electrons. The van der Waals surface area contributed by atoms with Crippen LogP contribution in [0.15, 0.2) is 42.5 Å². The molecule has 0 bridgehead atoms. The van der Waals surface area contributed by atoms with Crippen molar-refractivity contribution in [1.82, 2.24) is 10.2 Å². The first-order valence-electron chi connectivity index (χ1n) is 12.8. The van der Waals surface area contributed by atoms with Crippen LogP contribution in [-0.4, -0.2) is 72.0 Å². The van der Waals surface area contributed by atoms with Gasteiger partial charge in [-0.1, -0.05) is 18.2 Å². The van der Waals surface area contributed by atoms with E-state index >= 15 is 0 Å². The third-order valence-electron chi connectivity index (χ3n) is 6.77. The summed E-state index contributed by atoms with van der Waals surface area (Å²) in [6.45, 7) is 10.3. The van der Waals surface area contributed by atoms with Gasteiger partial charge in [0.15, 0.2) is 0 Å². The van der Waals surface area contributed by atoms with E-state index in [1.54, 1.807) is 28.9 Å². The van der Waals surface area contributed by atoms with E-state index in [1.165, 1.54) is 6.92 Å². The smallest absolute Gasteiger partial charge is 0.414 e. The third kappa shape index (κ3) is 5.72. The Labute approximate surface area is 218 Å². The summed E-state index contributed by atoms with van der Waals surface area (Å²) in [7, 11) is 0. The van der Waals surface area contributed by atoms with E-state index in [0.717, 1.165) is 23.2 Å². The summed E-state index contributed by atoms with van der Waals surface area (Å²) in [6.07, 6.45) is -0.645.